The molecule has 0 aliphatic heterocycles. The number of nitrogens with one attached hydrogen (secondary N) is 1. The minimum absolute atomic E-state index is 0.366. The molecule has 1 heterocycles. The molecule has 20 heavy (non-hydrogen) atoms. The van der Waals surface area contributed by atoms with Gasteiger partial charge in [-0.3, -0.25) is 0 Å². The van der Waals surface area contributed by atoms with Gasteiger partial charge in [-0.1, -0.05) is 48.3 Å². The molecule has 1 saturated carbocycles. The van der Waals surface area contributed by atoms with Crippen molar-refractivity contribution in [2.75, 3.05) is 7.05 Å². The average molecular weight is 271 g/mol. The fraction of sp³-hybridized carbons (Fsp3) is 0.500. The van der Waals surface area contributed by atoms with Crippen molar-refractivity contribution in [2.45, 2.75) is 44.1 Å². The molecule has 0 radical (unpaired) electrons. The van der Waals surface area contributed by atoms with Crippen LogP contribution in [-0.2, 0) is 6.42 Å². The minimum Gasteiger partial charge on any atom is -0.339 e. The number of rotatable bonds is 4. The van der Waals surface area contributed by atoms with E-state index in [1.54, 1.807) is 0 Å². The van der Waals surface area contributed by atoms with Crippen molar-refractivity contribution in [3.63, 3.8) is 0 Å². The van der Waals surface area contributed by atoms with Gasteiger partial charge < -0.3 is 9.84 Å². The zero-order valence-electron chi connectivity index (χ0n) is 11.9. The Balaban J connectivity index is 1.73. The number of hydrogen-bond donors (Lipinski definition) is 1. The smallest absolute Gasteiger partial charge is 0.231 e. The van der Waals surface area contributed by atoms with Gasteiger partial charge in [0.05, 0.1) is 5.92 Å². The summed E-state index contributed by atoms with van der Waals surface area (Å²) in [6.07, 6.45) is 5.60. The van der Waals surface area contributed by atoms with Gasteiger partial charge in [-0.25, -0.2) is 0 Å². The summed E-state index contributed by atoms with van der Waals surface area (Å²) in [6.45, 7) is 0. The number of likely N-dealkylation sites (N-methyl/N-ethyl adjacent to an activating group) is 1. The zero-order chi connectivity index (χ0) is 13.8. The van der Waals surface area contributed by atoms with Crippen LogP contribution in [0.4, 0.5) is 0 Å². The Morgan fingerprint density at radius 3 is 2.80 bits per heavy atom. The first-order valence-electron chi connectivity index (χ1n) is 7.40. The highest BCUT2D eigenvalue weighted by Gasteiger charge is 2.29. The Morgan fingerprint density at radius 2 is 2.00 bits per heavy atom. The molecule has 4 heteroatoms. The second-order valence-corrected chi connectivity index (χ2v) is 5.50. The van der Waals surface area contributed by atoms with Crippen LogP contribution in [-0.4, -0.2) is 23.2 Å². The highest BCUT2D eigenvalue weighted by molar-refractivity contribution is 5.18. The van der Waals surface area contributed by atoms with Crippen LogP contribution in [0.25, 0.3) is 0 Å². The van der Waals surface area contributed by atoms with E-state index in [2.05, 4.69) is 27.6 Å². The standard InChI is InChI=1S/C16H21N3O/c1-17-14-10-6-5-9-13(14)16-18-15(19-20-16)11-12-7-3-2-4-8-12/h2-4,7-8,13-14,17H,5-6,9-11H2,1H3. The molecule has 0 saturated heterocycles. The predicted molar refractivity (Wildman–Crippen MR) is 77.6 cm³/mol. The van der Waals surface area contributed by atoms with Crippen LogP contribution in [0.2, 0.25) is 0 Å². The van der Waals surface area contributed by atoms with Gasteiger partial charge in [0.15, 0.2) is 5.82 Å². The molecule has 0 bridgehead atoms. The summed E-state index contributed by atoms with van der Waals surface area (Å²) in [5.74, 6) is 1.95. The fourth-order valence-corrected chi connectivity index (χ4v) is 3.04. The summed E-state index contributed by atoms with van der Waals surface area (Å²) in [5, 5.41) is 7.53. The van der Waals surface area contributed by atoms with Gasteiger partial charge >= 0.3 is 0 Å². The number of hydrogen-bond acceptors (Lipinski definition) is 4. The molecule has 1 N–H and O–H groups in total. The summed E-state index contributed by atoms with van der Waals surface area (Å²) in [6, 6.07) is 10.7. The molecule has 1 aromatic heterocycles. The lowest BCUT2D eigenvalue weighted by molar-refractivity contribution is 0.269. The molecular formula is C16H21N3O. The Kier molecular flexibility index (Phi) is 4.11. The molecule has 1 aliphatic rings. The third-order valence-corrected chi connectivity index (χ3v) is 4.14. The lowest BCUT2D eigenvalue weighted by Crippen LogP contribution is -2.34. The van der Waals surface area contributed by atoms with Crippen LogP contribution in [0.5, 0.6) is 0 Å². The normalized spacial score (nSPS) is 22.9. The number of benzene rings is 1. The van der Waals surface area contributed by atoms with E-state index in [0.717, 1.165) is 24.6 Å². The van der Waals surface area contributed by atoms with E-state index in [0.29, 0.717) is 12.0 Å². The molecule has 0 spiro atoms. The van der Waals surface area contributed by atoms with Crippen molar-refractivity contribution in [1.82, 2.24) is 15.5 Å². The van der Waals surface area contributed by atoms with Crippen molar-refractivity contribution in [3.8, 4) is 0 Å². The molecule has 1 aromatic carbocycles. The fourth-order valence-electron chi connectivity index (χ4n) is 3.04. The molecule has 106 valence electrons. The molecule has 1 fully saturated rings. The second-order valence-electron chi connectivity index (χ2n) is 5.50. The first kappa shape index (κ1) is 13.3. The van der Waals surface area contributed by atoms with E-state index in [1.165, 1.54) is 24.8 Å². The predicted octanol–water partition coefficient (Wildman–Crippen LogP) is 2.91. The summed E-state index contributed by atoms with van der Waals surface area (Å²) < 4.78 is 5.51. The van der Waals surface area contributed by atoms with Crippen LogP contribution >= 0.6 is 0 Å². The van der Waals surface area contributed by atoms with Crippen LogP contribution in [0.3, 0.4) is 0 Å². The van der Waals surface area contributed by atoms with Gasteiger partial charge in [0.1, 0.15) is 0 Å². The largest absolute Gasteiger partial charge is 0.339 e. The maximum Gasteiger partial charge on any atom is 0.231 e. The van der Waals surface area contributed by atoms with Gasteiger partial charge in [0.25, 0.3) is 0 Å². The van der Waals surface area contributed by atoms with Gasteiger partial charge in [-0.15, -0.1) is 0 Å². The van der Waals surface area contributed by atoms with Gasteiger partial charge in [-0.2, -0.15) is 4.98 Å². The average Bonchev–Trinajstić information content (AvgIpc) is 2.96. The molecule has 2 atom stereocenters. The number of aromatic nitrogens is 2. The monoisotopic (exact) mass is 271 g/mol. The van der Waals surface area contributed by atoms with Crippen molar-refractivity contribution in [2.24, 2.45) is 0 Å². The van der Waals surface area contributed by atoms with Crippen molar-refractivity contribution >= 4 is 0 Å². The minimum atomic E-state index is 0.366. The molecule has 1 aliphatic carbocycles. The van der Waals surface area contributed by atoms with Crippen LogP contribution < -0.4 is 5.32 Å². The van der Waals surface area contributed by atoms with Gasteiger partial charge in [0.2, 0.25) is 5.89 Å². The molecule has 4 nitrogen and oxygen atoms in total. The Hall–Kier alpha value is -1.68. The molecule has 0 amide bonds. The van der Waals surface area contributed by atoms with E-state index < -0.39 is 0 Å². The highest BCUT2D eigenvalue weighted by atomic mass is 16.5. The second kappa shape index (κ2) is 6.18. The lowest BCUT2D eigenvalue weighted by atomic mass is 9.84. The van der Waals surface area contributed by atoms with Crippen molar-refractivity contribution in [3.05, 3.63) is 47.6 Å². The van der Waals surface area contributed by atoms with E-state index in [-0.39, 0.29) is 0 Å². The Bertz CT molecular complexity index is 538. The van der Waals surface area contributed by atoms with E-state index in [9.17, 15) is 0 Å². The Morgan fingerprint density at radius 1 is 1.20 bits per heavy atom. The van der Waals surface area contributed by atoms with E-state index in [1.807, 2.05) is 25.2 Å². The SMILES string of the molecule is CNC1CCCCC1c1nc(Cc2ccccc2)no1. The maximum absolute atomic E-state index is 5.51. The molecule has 2 aromatic rings. The molecule has 2 unspecified atom stereocenters. The Labute approximate surface area is 119 Å². The highest BCUT2D eigenvalue weighted by Crippen LogP contribution is 2.32. The zero-order valence-corrected chi connectivity index (χ0v) is 11.9. The summed E-state index contributed by atoms with van der Waals surface area (Å²) in [4.78, 5) is 4.61. The summed E-state index contributed by atoms with van der Waals surface area (Å²) >= 11 is 0. The van der Waals surface area contributed by atoms with Crippen molar-refractivity contribution in [1.29, 1.82) is 0 Å². The summed E-state index contributed by atoms with van der Waals surface area (Å²) in [7, 11) is 2.02. The quantitative estimate of drug-likeness (QED) is 0.929. The van der Waals surface area contributed by atoms with Gasteiger partial charge in [-0.05, 0) is 25.5 Å². The summed E-state index contributed by atoms with van der Waals surface area (Å²) in [5.41, 5.74) is 1.22. The van der Waals surface area contributed by atoms with E-state index >= 15 is 0 Å². The first-order valence-corrected chi connectivity index (χ1v) is 7.40. The lowest BCUT2D eigenvalue weighted by Gasteiger charge is -2.28. The van der Waals surface area contributed by atoms with Crippen LogP contribution in [0, 0.1) is 0 Å². The van der Waals surface area contributed by atoms with E-state index in [4.69, 9.17) is 4.52 Å². The van der Waals surface area contributed by atoms with Gasteiger partial charge in [0, 0.05) is 12.5 Å². The number of nitrogens with zero attached hydrogens (tertiary/aromatic N) is 2. The topological polar surface area (TPSA) is 51.0 Å². The maximum atomic E-state index is 5.51. The molecular weight excluding hydrogens is 250 g/mol. The van der Waals surface area contributed by atoms with Crippen molar-refractivity contribution < 1.29 is 4.52 Å². The molecule has 3 rings (SSSR count). The third-order valence-electron chi connectivity index (χ3n) is 4.14. The third kappa shape index (κ3) is 2.90. The van der Waals surface area contributed by atoms with Crippen LogP contribution in [0.1, 0.15) is 48.9 Å². The van der Waals surface area contributed by atoms with Crippen LogP contribution in [0.15, 0.2) is 34.9 Å². The first-order chi connectivity index (χ1) is 9.86.